The second kappa shape index (κ2) is 26.0. The van der Waals surface area contributed by atoms with Crippen molar-refractivity contribution in [2.75, 3.05) is 34.9 Å². The van der Waals surface area contributed by atoms with Crippen molar-refractivity contribution < 1.29 is 65.7 Å². The van der Waals surface area contributed by atoms with E-state index in [0.717, 1.165) is 24.8 Å². The number of benzene rings is 1. The Balaban J connectivity index is 0.00000202. The van der Waals surface area contributed by atoms with Crippen LogP contribution in [-0.4, -0.2) is 116 Å². The number of likely N-dealkylation sites (tertiary alicyclic amines) is 1. The van der Waals surface area contributed by atoms with Crippen LogP contribution in [0.4, 0.5) is 4.79 Å². The molecule has 0 saturated carbocycles. The number of carbonyl (C=O) groups excluding carboxylic acids is 5. The predicted molar refractivity (Wildman–Crippen MR) is 204 cm³/mol. The summed E-state index contributed by atoms with van der Waals surface area (Å²) in [6.07, 6.45) is 2.59. The van der Waals surface area contributed by atoms with Gasteiger partial charge < -0.3 is 55.8 Å². The van der Waals surface area contributed by atoms with Crippen molar-refractivity contribution in [3.05, 3.63) is 42.3 Å². The number of alkyl carbamates (subject to hydrolysis) is 1. The predicted octanol–water partition coefficient (Wildman–Crippen LogP) is 4.48. The van der Waals surface area contributed by atoms with Crippen LogP contribution in [0.3, 0.4) is 0 Å². The standard InChI is InChI=1S/C33H54N3O6.C7H12NO3.Au/c1-10-22(4)30(35(7)28(37)19-21(2)3)27(41-8)20-29(38)36-18-14-17-26(36)32(42-9)23(5)33(40)34-24(6)31(39)25-15-12-11-13-16-25;1-5(2)6(4-9)11-7(10)8-3;/h11-13,15-16,19,21-24,26-27,30-32,39H,10,14,17-18,20H2,1-9H3,(H,34,40);5-6H,1-3H3,(H,8,10);/q2*-1;/t22-,23+,24+,26-,27+,30-,31+,32+;6-;/m01./s1. The molecule has 0 aliphatic carbocycles. The van der Waals surface area contributed by atoms with Crippen LogP contribution in [0.25, 0.3) is 0 Å². The topological polar surface area (TPSA) is 164 Å². The smallest absolute Gasteiger partial charge is 0.404 e. The minimum Gasteiger partial charge on any atom is -0.538 e. The Labute approximate surface area is 339 Å². The van der Waals surface area contributed by atoms with Crippen molar-refractivity contribution in [1.82, 2.24) is 20.4 Å². The Bertz CT molecular complexity index is 1270. The van der Waals surface area contributed by atoms with Gasteiger partial charge in [0.15, 0.2) is 0 Å². The molecular formula is C40H66AuN4O9-2. The number of nitrogens with one attached hydrogen (secondary N) is 2. The summed E-state index contributed by atoms with van der Waals surface area (Å²) in [6.45, 7) is 15.8. The van der Waals surface area contributed by atoms with E-state index in [1.165, 1.54) is 7.05 Å². The number of hydrogen-bond donors (Lipinski definition) is 3. The van der Waals surface area contributed by atoms with E-state index in [-0.39, 0.29) is 76.4 Å². The molecule has 0 unspecified atom stereocenters. The van der Waals surface area contributed by atoms with Crippen LogP contribution < -0.4 is 10.6 Å². The van der Waals surface area contributed by atoms with E-state index in [0.29, 0.717) is 6.54 Å². The van der Waals surface area contributed by atoms with Crippen LogP contribution in [0.5, 0.6) is 0 Å². The van der Waals surface area contributed by atoms with E-state index in [2.05, 4.69) is 29.2 Å². The molecule has 1 radical (unpaired) electrons. The van der Waals surface area contributed by atoms with Crippen molar-refractivity contribution in [2.24, 2.45) is 23.7 Å². The summed E-state index contributed by atoms with van der Waals surface area (Å²) >= 11 is 0. The molecule has 3 N–H and O–H groups in total. The number of aliphatic hydroxyl groups is 1. The van der Waals surface area contributed by atoms with Crippen LogP contribution in [-0.2, 0) is 55.8 Å². The van der Waals surface area contributed by atoms with Crippen LogP contribution in [0, 0.1) is 30.1 Å². The molecule has 1 aliphatic rings. The maximum absolute atomic E-state index is 13.8. The number of rotatable bonds is 19. The molecule has 313 valence electrons. The quantitative estimate of drug-likeness (QED) is 0.134. The fourth-order valence-corrected chi connectivity index (χ4v) is 6.55. The minimum atomic E-state index is -0.847. The zero-order chi connectivity index (χ0) is 40.4. The van der Waals surface area contributed by atoms with Crippen molar-refractivity contribution in [2.45, 2.75) is 124 Å². The van der Waals surface area contributed by atoms with Gasteiger partial charge in [-0.3, -0.25) is 9.59 Å². The SMILES string of the molecule is CC[C@H](C)[C@@H]([C@@H](CC(=O)N1CCC[C@H]1[C@H](OC)[C@@H](C)C(=O)N[C@H](C)[C@@H](O)c1ccccc1)OC)N(C)C(=O)[CH-]C(C)C.CNC(=O)O[C@H]([C-]=O)C(C)C.[Au]. The first-order chi connectivity index (χ1) is 25.0. The van der Waals surface area contributed by atoms with Crippen molar-refractivity contribution >= 4 is 30.1 Å². The Morgan fingerprint density at radius 2 is 1.65 bits per heavy atom. The zero-order valence-electron chi connectivity index (χ0n) is 34.3. The first kappa shape index (κ1) is 51.1. The number of carbonyl (C=O) groups is 4. The molecule has 0 spiro atoms. The molecule has 1 aromatic rings. The van der Waals surface area contributed by atoms with Gasteiger partial charge in [-0.05, 0) is 37.2 Å². The number of amides is 4. The average molecular weight is 944 g/mol. The summed E-state index contributed by atoms with van der Waals surface area (Å²) in [5.74, 6) is -0.749. The average Bonchev–Trinajstić information content (AvgIpc) is 3.62. The number of likely N-dealkylation sites (N-methyl/N-ethyl adjacent to an activating group) is 1. The molecule has 1 heterocycles. The molecule has 1 aromatic carbocycles. The minimum absolute atomic E-state index is 0. The number of ether oxygens (including phenoxy) is 3. The summed E-state index contributed by atoms with van der Waals surface area (Å²) in [4.78, 5) is 64.3. The molecule has 2 rings (SSSR count). The van der Waals surface area contributed by atoms with E-state index in [1.54, 1.807) is 66.6 Å². The number of hydrogen-bond acceptors (Lipinski definition) is 9. The fourth-order valence-electron chi connectivity index (χ4n) is 6.55. The molecule has 13 nitrogen and oxygen atoms in total. The third-order valence-electron chi connectivity index (χ3n) is 9.88. The summed E-state index contributed by atoms with van der Waals surface area (Å²) in [6, 6.07) is 8.18. The first-order valence-corrected chi connectivity index (χ1v) is 18.7. The zero-order valence-corrected chi connectivity index (χ0v) is 36.4. The van der Waals surface area contributed by atoms with Crippen LogP contribution in [0.2, 0.25) is 0 Å². The third kappa shape index (κ3) is 15.7. The molecule has 0 bridgehead atoms. The Kier molecular flexibility index (Phi) is 24.6. The van der Waals surface area contributed by atoms with Crippen molar-refractivity contribution in [1.29, 1.82) is 0 Å². The van der Waals surface area contributed by atoms with Gasteiger partial charge in [0.05, 0.1) is 54.7 Å². The monoisotopic (exact) mass is 943 g/mol. The Morgan fingerprint density at radius 3 is 2.13 bits per heavy atom. The second-order valence-electron chi connectivity index (χ2n) is 14.6. The van der Waals surface area contributed by atoms with Gasteiger partial charge in [-0.15, -0.1) is 0 Å². The molecule has 1 fully saturated rings. The van der Waals surface area contributed by atoms with Gasteiger partial charge in [0.1, 0.15) is 0 Å². The maximum Gasteiger partial charge on any atom is 0.404 e. The maximum atomic E-state index is 13.8. The van der Waals surface area contributed by atoms with Crippen molar-refractivity contribution in [3.63, 3.8) is 0 Å². The van der Waals surface area contributed by atoms with Gasteiger partial charge in [0.25, 0.3) is 0 Å². The normalized spacial score (nSPS) is 18.3. The molecule has 1 aliphatic heterocycles. The van der Waals surface area contributed by atoms with E-state index >= 15 is 0 Å². The van der Waals surface area contributed by atoms with Gasteiger partial charge >= 0.3 is 6.09 Å². The van der Waals surface area contributed by atoms with Gasteiger partial charge in [0, 0.05) is 63.3 Å². The Morgan fingerprint density at radius 1 is 1.04 bits per heavy atom. The summed E-state index contributed by atoms with van der Waals surface area (Å²) < 4.78 is 16.4. The van der Waals surface area contributed by atoms with E-state index < -0.39 is 42.5 Å². The first-order valence-electron chi connectivity index (χ1n) is 18.7. The van der Waals surface area contributed by atoms with Gasteiger partial charge in [-0.2, -0.15) is 5.92 Å². The van der Waals surface area contributed by atoms with E-state index in [1.807, 2.05) is 49.1 Å². The van der Waals surface area contributed by atoms with Gasteiger partial charge in [-0.25, -0.2) is 11.1 Å². The molecule has 14 heteroatoms. The van der Waals surface area contributed by atoms with Crippen LogP contribution in [0.15, 0.2) is 30.3 Å². The number of methoxy groups -OCH3 is 2. The molecule has 1 saturated heterocycles. The van der Waals surface area contributed by atoms with E-state index in [9.17, 15) is 29.1 Å². The van der Waals surface area contributed by atoms with Gasteiger partial charge in [-0.1, -0.05) is 85.2 Å². The Hall–Kier alpha value is -2.94. The molecular weight excluding hydrogens is 877 g/mol. The summed E-state index contributed by atoms with van der Waals surface area (Å²) in [5.41, 5.74) is 0.728. The number of aliphatic hydroxyl groups excluding tert-OH is 1. The fraction of sp³-hybridized carbons (Fsp3) is 0.700. The third-order valence-corrected chi connectivity index (χ3v) is 9.88. The molecule has 0 aromatic heterocycles. The van der Waals surface area contributed by atoms with Gasteiger partial charge in [0.2, 0.25) is 11.8 Å². The molecule has 54 heavy (non-hydrogen) atoms. The number of nitrogens with zero attached hydrogens (tertiary/aromatic N) is 2. The molecule has 9 atom stereocenters. The van der Waals surface area contributed by atoms with Crippen molar-refractivity contribution in [3.8, 4) is 0 Å². The van der Waals surface area contributed by atoms with E-state index in [4.69, 9.17) is 9.47 Å². The second-order valence-corrected chi connectivity index (χ2v) is 14.6. The largest absolute Gasteiger partial charge is 0.538 e. The molecule has 4 amide bonds. The van der Waals surface area contributed by atoms with Crippen LogP contribution in [0.1, 0.15) is 92.7 Å². The summed E-state index contributed by atoms with van der Waals surface area (Å²) in [7, 11) is 6.38. The van der Waals surface area contributed by atoms with Crippen LogP contribution >= 0.6 is 0 Å². The summed E-state index contributed by atoms with van der Waals surface area (Å²) in [5, 5.41) is 15.9.